The Bertz CT molecular complexity index is 365. The minimum Gasteiger partial charge on any atom is -0.497 e. The van der Waals surface area contributed by atoms with E-state index in [-0.39, 0.29) is 0 Å². The van der Waals surface area contributed by atoms with Crippen LogP contribution in [0.15, 0.2) is 18.2 Å². The molecule has 1 aliphatic carbocycles. The van der Waals surface area contributed by atoms with Crippen LogP contribution in [-0.4, -0.2) is 13.4 Å². The van der Waals surface area contributed by atoms with Gasteiger partial charge in [0.05, 0.1) is 7.11 Å². The maximum absolute atomic E-state index is 10.9. The van der Waals surface area contributed by atoms with E-state index in [2.05, 4.69) is 6.07 Å². The molecule has 0 aromatic heterocycles. The average molecular weight is 218 g/mol. The first-order valence-corrected chi connectivity index (χ1v) is 5.97. The van der Waals surface area contributed by atoms with Crippen molar-refractivity contribution in [1.82, 2.24) is 0 Å². The molecule has 2 heteroatoms. The molecule has 0 saturated heterocycles. The monoisotopic (exact) mass is 218 g/mol. The molecule has 2 nitrogen and oxygen atoms in total. The summed E-state index contributed by atoms with van der Waals surface area (Å²) in [7, 11) is 1.65. The van der Waals surface area contributed by atoms with Crippen LogP contribution < -0.4 is 4.74 Å². The minimum atomic E-state index is 0.613. The summed E-state index contributed by atoms with van der Waals surface area (Å²) in [6, 6.07) is 5.87. The number of benzene rings is 1. The third-order valence-corrected chi connectivity index (χ3v) is 3.40. The number of methoxy groups -OCH3 is 1. The fraction of sp³-hybridized carbons (Fsp3) is 0.500. The number of hydrogen-bond acceptors (Lipinski definition) is 2. The average Bonchev–Trinajstić information content (AvgIpc) is 2.39. The molecule has 0 radical (unpaired) electrons. The third-order valence-electron chi connectivity index (χ3n) is 3.40. The minimum absolute atomic E-state index is 0.613. The fourth-order valence-corrected chi connectivity index (χ4v) is 2.50. The van der Waals surface area contributed by atoms with Gasteiger partial charge in [-0.3, -0.25) is 4.79 Å². The Hall–Kier alpha value is -1.31. The lowest BCUT2D eigenvalue weighted by Crippen LogP contribution is -2.05. The molecule has 0 heterocycles. The zero-order valence-corrected chi connectivity index (χ0v) is 9.74. The number of hydrogen-bond donors (Lipinski definition) is 0. The first kappa shape index (κ1) is 11.2. The van der Waals surface area contributed by atoms with Gasteiger partial charge in [0.15, 0.2) is 0 Å². The van der Waals surface area contributed by atoms with Gasteiger partial charge in [-0.1, -0.05) is 19.3 Å². The Labute approximate surface area is 96.6 Å². The van der Waals surface area contributed by atoms with Crippen molar-refractivity contribution < 1.29 is 9.53 Å². The molecular formula is C14H18O2. The van der Waals surface area contributed by atoms with E-state index in [0.717, 1.165) is 17.6 Å². The van der Waals surface area contributed by atoms with E-state index in [1.807, 2.05) is 6.07 Å². The molecule has 0 spiro atoms. The van der Waals surface area contributed by atoms with Crippen molar-refractivity contribution >= 4 is 6.29 Å². The molecule has 1 fully saturated rings. The normalized spacial score (nSPS) is 17.1. The van der Waals surface area contributed by atoms with Crippen molar-refractivity contribution in [2.45, 2.75) is 38.0 Å². The van der Waals surface area contributed by atoms with Crippen molar-refractivity contribution in [3.63, 3.8) is 0 Å². The molecule has 0 N–H and O–H groups in total. The van der Waals surface area contributed by atoms with Gasteiger partial charge in [-0.05, 0) is 42.5 Å². The Morgan fingerprint density at radius 3 is 2.56 bits per heavy atom. The lowest BCUT2D eigenvalue weighted by molar-refractivity contribution is 0.112. The first-order chi connectivity index (χ1) is 7.83. The van der Waals surface area contributed by atoms with E-state index in [4.69, 9.17) is 4.74 Å². The van der Waals surface area contributed by atoms with Crippen LogP contribution in [0.25, 0.3) is 0 Å². The van der Waals surface area contributed by atoms with Crippen LogP contribution in [0.4, 0.5) is 0 Å². The smallest absolute Gasteiger partial charge is 0.150 e. The molecule has 2 rings (SSSR count). The second kappa shape index (κ2) is 5.15. The molecule has 0 bridgehead atoms. The van der Waals surface area contributed by atoms with E-state index < -0.39 is 0 Å². The molecular weight excluding hydrogens is 200 g/mol. The number of carbonyl (C=O) groups excluding carboxylic acids is 1. The topological polar surface area (TPSA) is 26.3 Å². The second-order valence-corrected chi connectivity index (χ2v) is 4.49. The van der Waals surface area contributed by atoms with Crippen LogP contribution in [0.3, 0.4) is 0 Å². The zero-order valence-electron chi connectivity index (χ0n) is 9.74. The highest BCUT2D eigenvalue weighted by Crippen LogP contribution is 2.34. The lowest BCUT2D eigenvalue weighted by atomic mass is 9.83. The van der Waals surface area contributed by atoms with Crippen LogP contribution in [0.5, 0.6) is 5.75 Å². The number of aldehydes is 1. The Balaban J connectivity index is 2.27. The highest BCUT2D eigenvalue weighted by atomic mass is 16.5. The Morgan fingerprint density at radius 1 is 1.19 bits per heavy atom. The predicted molar refractivity (Wildman–Crippen MR) is 64.2 cm³/mol. The Morgan fingerprint density at radius 2 is 1.94 bits per heavy atom. The van der Waals surface area contributed by atoms with Crippen LogP contribution in [0.1, 0.15) is 53.9 Å². The molecule has 0 unspecified atom stereocenters. The summed E-state index contributed by atoms with van der Waals surface area (Å²) in [6.45, 7) is 0. The first-order valence-electron chi connectivity index (χ1n) is 5.97. The van der Waals surface area contributed by atoms with Gasteiger partial charge in [-0.15, -0.1) is 0 Å². The van der Waals surface area contributed by atoms with Gasteiger partial charge in [0.25, 0.3) is 0 Å². The van der Waals surface area contributed by atoms with Gasteiger partial charge in [0, 0.05) is 5.56 Å². The molecule has 0 atom stereocenters. The van der Waals surface area contributed by atoms with Crippen LogP contribution in [0.2, 0.25) is 0 Å². The molecule has 86 valence electrons. The molecule has 0 aliphatic heterocycles. The highest BCUT2D eigenvalue weighted by molar-refractivity contribution is 5.76. The number of ether oxygens (including phenoxy) is 1. The third kappa shape index (κ3) is 2.43. The molecule has 1 aromatic carbocycles. The molecule has 1 aromatic rings. The number of rotatable bonds is 3. The molecule has 16 heavy (non-hydrogen) atoms. The SMILES string of the molecule is COc1cc(C=O)cc(C2CCCCC2)c1. The van der Waals surface area contributed by atoms with E-state index >= 15 is 0 Å². The van der Waals surface area contributed by atoms with E-state index in [0.29, 0.717) is 5.92 Å². The summed E-state index contributed by atoms with van der Waals surface area (Å²) in [5, 5.41) is 0. The lowest BCUT2D eigenvalue weighted by Gasteiger charge is -2.22. The second-order valence-electron chi connectivity index (χ2n) is 4.49. The summed E-state index contributed by atoms with van der Waals surface area (Å²) in [4.78, 5) is 10.9. The van der Waals surface area contributed by atoms with Crippen LogP contribution in [-0.2, 0) is 0 Å². The van der Waals surface area contributed by atoms with Crippen LogP contribution in [0, 0.1) is 0 Å². The Kier molecular flexibility index (Phi) is 3.60. The van der Waals surface area contributed by atoms with Crippen LogP contribution >= 0.6 is 0 Å². The quantitative estimate of drug-likeness (QED) is 0.725. The van der Waals surface area contributed by atoms with Gasteiger partial charge >= 0.3 is 0 Å². The highest BCUT2D eigenvalue weighted by Gasteiger charge is 2.16. The van der Waals surface area contributed by atoms with Gasteiger partial charge in [-0.25, -0.2) is 0 Å². The van der Waals surface area contributed by atoms with Crippen molar-refractivity contribution in [3.8, 4) is 5.75 Å². The van der Waals surface area contributed by atoms with Gasteiger partial charge in [-0.2, -0.15) is 0 Å². The van der Waals surface area contributed by atoms with Crippen molar-refractivity contribution in [2.24, 2.45) is 0 Å². The van der Waals surface area contributed by atoms with Crippen molar-refractivity contribution in [3.05, 3.63) is 29.3 Å². The van der Waals surface area contributed by atoms with Gasteiger partial charge in [0.1, 0.15) is 12.0 Å². The maximum atomic E-state index is 10.9. The summed E-state index contributed by atoms with van der Waals surface area (Å²) >= 11 is 0. The summed E-state index contributed by atoms with van der Waals surface area (Å²) < 4.78 is 5.23. The maximum Gasteiger partial charge on any atom is 0.150 e. The standard InChI is InChI=1S/C14H18O2/c1-16-14-8-11(10-15)7-13(9-14)12-5-3-2-4-6-12/h7-10,12H,2-6H2,1H3. The van der Waals surface area contributed by atoms with E-state index in [9.17, 15) is 4.79 Å². The van der Waals surface area contributed by atoms with Crippen molar-refractivity contribution in [1.29, 1.82) is 0 Å². The summed E-state index contributed by atoms with van der Waals surface area (Å²) in [5.74, 6) is 1.41. The molecule has 1 saturated carbocycles. The van der Waals surface area contributed by atoms with Crippen molar-refractivity contribution in [2.75, 3.05) is 7.11 Å². The van der Waals surface area contributed by atoms with Gasteiger partial charge < -0.3 is 4.74 Å². The summed E-state index contributed by atoms with van der Waals surface area (Å²) in [5.41, 5.74) is 1.99. The number of carbonyl (C=O) groups is 1. The van der Waals surface area contributed by atoms with Gasteiger partial charge in [0.2, 0.25) is 0 Å². The fourth-order valence-electron chi connectivity index (χ4n) is 2.50. The predicted octanol–water partition coefficient (Wildman–Crippen LogP) is 3.56. The molecule has 0 amide bonds. The zero-order chi connectivity index (χ0) is 11.4. The van der Waals surface area contributed by atoms with E-state index in [1.54, 1.807) is 13.2 Å². The molecule has 1 aliphatic rings. The largest absolute Gasteiger partial charge is 0.497 e. The van der Waals surface area contributed by atoms with E-state index in [1.165, 1.54) is 37.7 Å². The summed E-state index contributed by atoms with van der Waals surface area (Å²) in [6.07, 6.45) is 7.34.